The maximum absolute atomic E-state index is 13.1. The van der Waals surface area contributed by atoms with Crippen molar-refractivity contribution >= 4 is 22.7 Å². The summed E-state index contributed by atoms with van der Waals surface area (Å²) in [5.74, 6) is -0.845. The van der Waals surface area contributed by atoms with Gasteiger partial charge in [0.2, 0.25) is 5.95 Å². The number of nitrogens with zero attached hydrogens (tertiary/aromatic N) is 1. The molecule has 2 aromatic carbocycles. The van der Waals surface area contributed by atoms with Crippen LogP contribution in [0.15, 0.2) is 36.4 Å². The highest BCUT2D eigenvalue weighted by Gasteiger charge is 2.39. The number of nitrogens with one attached hydrogen (secondary N) is 2. The largest absolute Gasteiger partial charge is 0.418 e. The molecule has 0 bridgehead atoms. The number of halogens is 7. The van der Waals surface area contributed by atoms with Crippen molar-refractivity contribution in [3.63, 3.8) is 0 Å². The van der Waals surface area contributed by atoms with Crippen LogP contribution in [0.3, 0.4) is 0 Å². The van der Waals surface area contributed by atoms with Crippen molar-refractivity contribution in [2.75, 3.05) is 5.32 Å². The molecule has 3 rings (SSSR count). The Kier molecular flexibility index (Phi) is 3.85. The number of benzene rings is 2. The van der Waals surface area contributed by atoms with Gasteiger partial charge >= 0.3 is 12.4 Å². The highest BCUT2D eigenvalue weighted by molar-refractivity contribution is 5.83. The van der Waals surface area contributed by atoms with Gasteiger partial charge in [0.1, 0.15) is 11.3 Å². The zero-order chi connectivity index (χ0) is 18.4. The van der Waals surface area contributed by atoms with Gasteiger partial charge in [0, 0.05) is 5.69 Å². The lowest BCUT2D eigenvalue weighted by Crippen LogP contribution is -2.11. The Bertz CT molecular complexity index is 925. The van der Waals surface area contributed by atoms with Gasteiger partial charge in [-0.25, -0.2) is 9.37 Å². The number of rotatable bonds is 2. The topological polar surface area (TPSA) is 40.7 Å². The number of H-pyrrole nitrogens is 1. The SMILES string of the molecule is Fc1cccc(Nc2nc3c(C(F)(F)F)cc(C(F)(F)F)cc3[nH]2)c1. The summed E-state index contributed by atoms with van der Waals surface area (Å²) in [7, 11) is 0. The van der Waals surface area contributed by atoms with E-state index < -0.39 is 40.3 Å². The average molecular weight is 363 g/mol. The number of aromatic amines is 1. The van der Waals surface area contributed by atoms with E-state index >= 15 is 0 Å². The first-order chi connectivity index (χ1) is 11.5. The molecule has 10 heteroatoms. The Morgan fingerprint density at radius 3 is 2.24 bits per heavy atom. The lowest BCUT2D eigenvalue weighted by molar-refractivity contribution is -0.142. The Morgan fingerprint density at radius 1 is 0.920 bits per heavy atom. The normalized spacial score (nSPS) is 12.6. The summed E-state index contributed by atoms with van der Waals surface area (Å²) in [6.45, 7) is 0. The maximum atomic E-state index is 13.1. The second kappa shape index (κ2) is 5.64. The number of hydrogen-bond donors (Lipinski definition) is 2. The minimum absolute atomic E-state index is 0.00907. The molecule has 0 fully saturated rings. The molecule has 1 heterocycles. The minimum Gasteiger partial charge on any atom is -0.326 e. The van der Waals surface area contributed by atoms with Gasteiger partial charge in [-0.3, -0.25) is 0 Å². The van der Waals surface area contributed by atoms with Crippen molar-refractivity contribution < 1.29 is 30.7 Å². The van der Waals surface area contributed by atoms with E-state index in [1.165, 1.54) is 12.1 Å². The van der Waals surface area contributed by atoms with E-state index in [-0.39, 0.29) is 17.7 Å². The van der Waals surface area contributed by atoms with Crippen LogP contribution in [0.4, 0.5) is 42.4 Å². The zero-order valence-corrected chi connectivity index (χ0v) is 12.1. The average Bonchev–Trinajstić information content (AvgIpc) is 2.86. The molecule has 1 aromatic heterocycles. The fraction of sp³-hybridized carbons (Fsp3) is 0.133. The van der Waals surface area contributed by atoms with Crippen LogP contribution in [0, 0.1) is 5.82 Å². The van der Waals surface area contributed by atoms with Gasteiger partial charge in [-0.15, -0.1) is 0 Å². The molecular formula is C15H8F7N3. The Balaban J connectivity index is 2.12. The maximum Gasteiger partial charge on any atom is 0.418 e. The first-order valence-corrected chi connectivity index (χ1v) is 6.75. The van der Waals surface area contributed by atoms with Crippen molar-refractivity contribution in [3.05, 3.63) is 53.3 Å². The van der Waals surface area contributed by atoms with Crippen LogP contribution in [-0.2, 0) is 12.4 Å². The third-order valence-corrected chi connectivity index (χ3v) is 3.31. The summed E-state index contributed by atoms with van der Waals surface area (Å²) in [5, 5.41) is 2.52. The number of imidazole rings is 1. The quantitative estimate of drug-likeness (QED) is 0.592. The second-order valence-electron chi connectivity index (χ2n) is 5.14. The predicted octanol–water partition coefficient (Wildman–Crippen LogP) is 5.48. The molecule has 0 atom stereocenters. The lowest BCUT2D eigenvalue weighted by Gasteiger charge is -2.11. The van der Waals surface area contributed by atoms with Crippen molar-refractivity contribution in [3.8, 4) is 0 Å². The molecule has 3 aromatic rings. The summed E-state index contributed by atoms with van der Waals surface area (Å²) < 4.78 is 90.9. The molecule has 0 unspecified atom stereocenters. The summed E-state index contributed by atoms with van der Waals surface area (Å²) in [6, 6.07) is 5.52. The summed E-state index contributed by atoms with van der Waals surface area (Å²) in [4.78, 5) is 5.99. The van der Waals surface area contributed by atoms with Crippen LogP contribution in [0.25, 0.3) is 11.0 Å². The molecule has 0 aliphatic rings. The van der Waals surface area contributed by atoms with Crippen LogP contribution < -0.4 is 5.32 Å². The van der Waals surface area contributed by atoms with E-state index in [2.05, 4.69) is 15.3 Å². The number of fused-ring (bicyclic) bond motifs is 1. The van der Waals surface area contributed by atoms with E-state index in [1.54, 1.807) is 0 Å². The van der Waals surface area contributed by atoms with Crippen LogP contribution in [0.1, 0.15) is 11.1 Å². The molecule has 132 valence electrons. The molecule has 0 radical (unpaired) electrons. The first-order valence-electron chi connectivity index (χ1n) is 6.75. The van der Waals surface area contributed by atoms with E-state index in [1.807, 2.05) is 0 Å². The lowest BCUT2D eigenvalue weighted by atomic mass is 10.1. The fourth-order valence-electron chi connectivity index (χ4n) is 2.26. The van der Waals surface area contributed by atoms with Crippen molar-refractivity contribution in [2.24, 2.45) is 0 Å². The van der Waals surface area contributed by atoms with Gasteiger partial charge in [-0.1, -0.05) is 6.07 Å². The van der Waals surface area contributed by atoms with E-state index in [0.717, 1.165) is 12.1 Å². The number of hydrogen-bond acceptors (Lipinski definition) is 2. The summed E-state index contributed by atoms with van der Waals surface area (Å²) in [5.41, 5.74) is -3.90. The molecule has 0 spiro atoms. The third kappa shape index (κ3) is 3.52. The summed E-state index contributed by atoms with van der Waals surface area (Å²) >= 11 is 0. The summed E-state index contributed by atoms with van der Waals surface area (Å²) in [6.07, 6.45) is -9.97. The van der Waals surface area contributed by atoms with E-state index in [4.69, 9.17) is 0 Å². The molecule has 0 saturated heterocycles. The van der Waals surface area contributed by atoms with Gasteiger partial charge in [0.15, 0.2) is 0 Å². The van der Waals surface area contributed by atoms with Gasteiger partial charge in [0.05, 0.1) is 16.6 Å². The van der Waals surface area contributed by atoms with Crippen molar-refractivity contribution in [1.82, 2.24) is 9.97 Å². The zero-order valence-electron chi connectivity index (χ0n) is 12.1. The highest BCUT2D eigenvalue weighted by Crippen LogP contribution is 2.39. The van der Waals surface area contributed by atoms with Crippen LogP contribution in [-0.4, -0.2) is 9.97 Å². The number of aromatic nitrogens is 2. The van der Waals surface area contributed by atoms with Crippen LogP contribution >= 0.6 is 0 Å². The Hall–Kier alpha value is -2.78. The first kappa shape index (κ1) is 17.1. The van der Waals surface area contributed by atoms with Crippen molar-refractivity contribution in [1.29, 1.82) is 0 Å². The molecule has 25 heavy (non-hydrogen) atoms. The van der Waals surface area contributed by atoms with Gasteiger partial charge in [-0.2, -0.15) is 26.3 Å². The van der Waals surface area contributed by atoms with Gasteiger partial charge in [0.25, 0.3) is 0 Å². The predicted molar refractivity (Wildman–Crippen MR) is 75.8 cm³/mol. The second-order valence-corrected chi connectivity index (χ2v) is 5.14. The fourth-order valence-corrected chi connectivity index (χ4v) is 2.26. The smallest absolute Gasteiger partial charge is 0.326 e. The monoisotopic (exact) mass is 363 g/mol. The molecule has 0 aliphatic carbocycles. The van der Waals surface area contributed by atoms with Crippen LogP contribution in [0.2, 0.25) is 0 Å². The standard InChI is InChI=1S/C15H8F7N3/c16-8-2-1-3-9(6-8)23-13-24-11-5-7(14(17,18)19)4-10(12(11)25-13)15(20,21)22/h1-6H,(H2,23,24,25). The Labute approximate surface area is 135 Å². The minimum atomic E-state index is -5.02. The van der Waals surface area contributed by atoms with E-state index in [0.29, 0.717) is 6.07 Å². The molecule has 0 amide bonds. The number of anilines is 2. The number of alkyl halides is 6. The molecule has 3 nitrogen and oxygen atoms in total. The molecular weight excluding hydrogens is 355 g/mol. The van der Waals surface area contributed by atoms with E-state index in [9.17, 15) is 30.7 Å². The van der Waals surface area contributed by atoms with Crippen LogP contribution in [0.5, 0.6) is 0 Å². The van der Waals surface area contributed by atoms with Gasteiger partial charge in [-0.05, 0) is 30.3 Å². The third-order valence-electron chi connectivity index (χ3n) is 3.31. The molecule has 0 aliphatic heterocycles. The molecule has 0 saturated carbocycles. The van der Waals surface area contributed by atoms with Crippen molar-refractivity contribution in [2.45, 2.75) is 12.4 Å². The highest BCUT2D eigenvalue weighted by atomic mass is 19.4. The molecule has 2 N–H and O–H groups in total. The Morgan fingerprint density at radius 2 is 1.64 bits per heavy atom. The van der Waals surface area contributed by atoms with Gasteiger partial charge < -0.3 is 10.3 Å².